The Morgan fingerprint density at radius 2 is 1.84 bits per heavy atom. The van der Waals surface area contributed by atoms with E-state index in [0.717, 1.165) is 6.07 Å². The van der Waals surface area contributed by atoms with Crippen LogP contribution >= 0.6 is 0 Å². The van der Waals surface area contributed by atoms with E-state index >= 15 is 0 Å². The van der Waals surface area contributed by atoms with E-state index in [-0.39, 0.29) is 6.04 Å². The number of aryl methyl sites for hydroxylation is 1. The lowest BCUT2D eigenvalue weighted by molar-refractivity contribution is 0.517. The van der Waals surface area contributed by atoms with Crippen LogP contribution < -0.4 is 5.32 Å². The third-order valence-corrected chi connectivity index (χ3v) is 3.29. The zero-order valence-corrected chi connectivity index (χ0v) is 11.1. The summed E-state index contributed by atoms with van der Waals surface area (Å²) in [4.78, 5) is 0. The summed E-state index contributed by atoms with van der Waals surface area (Å²) in [7, 11) is 0. The minimum Gasteiger partial charge on any atom is -0.306 e. The van der Waals surface area contributed by atoms with Crippen LogP contribution in [0.3, 0.4) is 0 Å². The van der Waals surface area contributed by atoms with Gasteiger partial charge in [-0.2, -0.15) is 0 Å². The average Bonchev–Trinajstić information content (AvgIpc) is 2.37. The van der Waals surface area contributed by atoms with Crippen LogP contribution in [0.1, 0.15) is 29.7 Å². The molecule has 19 heavy (non-hydrogen) atoms. The van der Waals surface area contributed by atoms with E-state index in [0.29, 0.717) is 12.1 Å². The largest absolute Gasteiger partial charge is 0.306 e. The van der Waals surface area contributed by atoms with Crippen molar-refractivity contribution in [2.75, 3.05) is 0 Å². The lowest BCUT2D eigenvalue weighted by Crippen LogP contribution is -2.19. The molecule has 1 unspecified atom stereocenters. The van der Waals surface area contributed by atoms with Gasteiger partial charge in [-0.3, -0.25) is 0 Å². The van der Waals surface area contributed by atoms with Gasteiger partial charge >= 0.3 is 0 Å². The Balaban J connectivity index is 2.05. The Hall–Kier alpha value is -1.74. The monoisotopic (exact) mass is 261 g/mol. The molecule has 2 rings (SSSR count). The van der Waals surface area contributed by atoms with Crippen molar-refractivity contribution in [2.45, 2.75) is 26.4 Å². The predicted octanol–water partition coefficient (Wildman–Crippen LogP) is 4.12. The van der Waals surface area contributed by atoms with Crippen molar-refractivity contribution in [3.63, 3.8) is 0 Å². The van der Waals surface area contributed by atoms with Crippen LogP contribution in [0.15, 0.2) is 42.5 Å². The highest BCUT2D eigenvalue weighted by molar-refractivity contribution is 5.26. The lowest BCUT2D eigenvalue weighted by Gasteiger charge is -2.16. The zero-order valence-electron chi connectivity index (χ0n) is 11.1. The molecule has 2 aromatic rings. The summed E-state index contributed by atoms with van der Waals surface area (Å²) in [5.41, 5.74) is 2.86. The van der Waals surface area contributed by atoms with Crippen LogP contribution in [0.4, 0.5) is 8.78 Å². The molecule has 0 heterocycles. The van der Waals surface area contributed by atoms with Crippen molar-refractivity contribution >= 4 is 0 Å². The lowest BCUT2D eigenvalue weighted by atomic mass is 10.1. The highest BCUT2D eigenvalue weighted by Gasteiger charge is 2.11. The molecule has 1 atom stereocenters. The number of hydrogen-bond acceptors (Lipinski definition) is 1. The van der Waals surface area contributed by atoms with Gasteiger partial charge in [0, 0.05) is 24.2 Å². The van der Waals surface area contributed by atoms with Crippen LogP contribution in [0.5, 0.6) is 0 Å². The van der Waals surface area contributed by atoms with Crippen molar-refractivity contribution in [3.05, 3.63) is 70.8 Å². The molecule has 3 heteroatoms. The first-order valence-corrected chi connectivity index (χ1v) is 6.31. The molecule has 0 aromatic heterocycles. The molecule has 0 amide bonds. The molecular formula is C16H17F2N. The van der Waals surface area contributed by atoms with Gasteiger partial charge in [-0.25, -0.2) is 8.78 Å². The zero-order chi connectivity index (χ0) is 13.8. The maximum atomic E-state index is 13.6. The highest BCUT2D eigenvalue weighted by Crippen LogP contribution is 2.18. The first-order valence-electron chi connectivity index (χ1n) is 6.31. The number of hydrogen-bond donors (Lipinski definition) is 1. The molecule has 2 aromatic carbocycles. The Kier molecular flexibility index (Phi) is 4.27. The van der Waals surface area contributed by atoms with Gasteiger partial charge in [0.05, 0.1) is 0 Å². The SMILES string of the molecule is Cc1ccccc1CNC(C)c1ccc(F)cc1F. The number of benzene rings is 2. The van der Waals surface area contributed by atoms with E-state index in [1.54, 1.807) is 0 Å². The van der Waals surface area contributed by atoms with Crippen molar-refractivity contribution in [1.29, 1.82) is 0 Å². The third-order valence-electron chi connectivity index (χ3n) is 3.29. The predicted molar refractivity (Wildman–Crippen MR) is 72.8 cm³/mol. The van der Waals surface area contributed by atoms with Gasteiger partial charge in [-0.1, -0.05) is 30.3 Å². The van der Waals surface area contributed by atoms with Gasteiger partial charge in [0.1, 0.15) is 11.6 Å². The molecule has 1 N–H and O–H groups in total. The van der Waals surface area contributed by atoms with E-state index in [4.69, 9.17) is 0 Å². The quantitative estimate of drug-likeness (QED) is 0.872. The van der Waals surface area contributed by atoms with Gasteiger partial charge in [-0.05, 0) is 31.0 Å². The fourth-order valence-corrected chi connectivity index (χ4v) is 2.03. The molecule has 1 nitrogen and oxygen atoms in total. The van der Waals surface area contributed by atoms with E-state index in [2.05, 4.69) is 5.32 Å². The summed E-state index contributed by atoms with van der Waals surface area (Å²) in [6.07, 6.45) is 0. The summed E-state index contributed by atoms with van der Waals surface area (Å²) in [5.74, 6) is -1.06. The summed E-state index contributed by atoms with van der Waals surface area (Å²) < 4.78 is 26.5. The van der Waals surface area contributed by atoms with Crippen LogP contribution in [0.2, 0.25) is 0 Å². The van der Waals surface area contributed by atoms with E-state index in [9.17, 15) is 8.78 Å². The number of nitrogens with one attached hydrogen (secondary N) is 1. The highest BCUT2D eigenvalue weighted by atomic mass is 19.1. The second kappa shape index (κ2) is 5.93. The molecule has 0 spiro atoms. The molecule has 0 saturated heterocycles. The van der Waals surface area contributed by atoms with E-state index in [1.807, 2.05) is 38.1 Å². The smallest absolute Gasteiger partial charge is 0.130 e. The average molecular weight is 261 g/mol. The first kappa shape index (κ1) is 13.7. The second-order valence-corrected chi connectivity index (χ2v) is 4.69. The Morgan fingerprint density at radius 3 is 2.53 bits per heavy atom. The van der Waals surface area contributed by atoms with Crippen LogP contribution in [0.25, 0.3) is 0 Å². The van der Waals surface area contributed by atoms with Gasteiger partial charge in [-0.15, -0.1) is 0 Å². The topological polar surface area (TPSA) is 12.0 Å². The normalized spacial score (nSPS) is 12.4. The summed E-state index contributed by atoms with van der Waals surface area (Å²) in [5, 5.41) is 3.25. The molecule has 0 fully saturated rings. The Labute approximate surface area is 112 Å². The molecule has 0 aliphatic heterocycles. The molecule has 0 aliphatic rings. The minimum atomic E-state index is -0.549. The van der Waals surface area contributed by atoms with Gasteiger partial charge in [0.15, 0.2) is 0 Å². The standard InChI is InChI=1S/C16H17F2N/c1-11-5-3-4-6-13(11)10-19-12(2)15-8-7-14(17)9-16(15)18/h3-9,12,19H,10H2,1-2H3. The molecule has 0 bridgehead atoms. The van der Waals surface area contributed by atoms with Gasteiger partial charge in [0.2, 0.25) is 0 Å². The van der Waals surface area contributed by atoms with Crippen molar-refractivity contribution in [2.24, 2.45) is 0 Å². The summed E-state index contributed by atoms with van der Waals surface area (Å²) >= 11 is 0. The fourth-order valence-electron chi connectivity index (χ4n) is 2.03. The third kappa shape index (κ3) is 3.38. The number of rotatable bonds is 4. The minimum absolute atomic E-state index is 0.166. The molecule has 100 valence electrons. The maximum absolute atomic E-state index is 13.6. The fraction of sp³-hybridized carbons (Fsp3) is 0.250. The Bertz CT molecular complexity index is 566. The van der Waals surface area contributed by atoms with Crippen molar-refractivity contribution < 1.29 is 8.78 Å². The first-order chi connectivity index (χ1) is 9.08. The van der Waals surface area contributed by atoms with E-state index in [1.165, 1.54) is 23.3 Å². The molecule has 0 saturated carbocycles. The van der Waals surface area contributed by atoms with Gasteiger partial charge < -0.3 is 5.32 Å². The molecular weight excluding hydrogens is 244 g/mol. The van der Waals surface area contributed by atoms with Crippen LogP contribution in [-0.2, 0) is 6.54 Å². The number of halogens is 2. The maximum Gasteiger partial charge on any atom is 0.130 e. The Morgan fingerprint density at radius 1 is 1.11 bits per heavy atom. The second-order valence-electron chi connectivity index (χ2n) is 4.69. The van der Waals surface area contributed by atoms with Crippen LogP contribution in [-0.4, -0.2) is 0 Å². The molecule has 0 radical (unpaired) electrons. The van der Waals surface area contributed by atoms with Crippen molar-refractivity contribution in [1.82, 2.24) is 5.32 Å². The summed E-state index contributed by atoms with van der Waals surface area (Å²) in [6.45, 7) is 4.57. The molecule has 0 aliphatic carbocycles. The van der Waals surface area contributed by atoms with Gasteiger partial charge in [0.25, 0.3) is 0 Å². The van der Waals surface area contributed by atoms with Crippen LogP contribution in [0, 0.1) is 18.6 Å². The summed E-state index contributed by atoms with van der Waals surface area (Å²) in [6, 6.07) is 11.6. The van der Waals surface area contributed by atoms with E-state index < -0.39 is 11.6 Å². The van der Waals surface area contributed by atoms with Crippen molar-refractivity contribution in [3.8, 4) is 0 Å².